The first kappa shape index (κ1) is 17.0. The highest BCUT2D eigenvalue weighted by Crippen LogP contribution is 2.25. The molecule has 128 valence electrons. The Labute approximate surface area is 144 Å². The van der Waals surface area contributed by atoms with E-state index in [2.05, 4.69) is 4.98 Å². The number of hydrogen-bond acceptors (Lipinski definition) is 3. The van der Waals surface area contributed by atoms with Crippen LogP contribution in [0.25, 0.3) is 0 Å². The largest absolute Gasteiger partial charge is 0.338 e. The predicted molar refractivity (Wildman–Crippen MR) is 90.2 cm³/mol. The Morgan fingerprint density at radius 1 is 1.38 bits per heavy atom. The fourth-order valence-corrected chi connectivity index (χ4v) is 4.02. The van der Waals surface area contributed by atoms with Gasteiger partial charge in [-0.1, -0.05) is 6.07 Å². The van der Waals surface area contributed by atoms with E-state index in [0.29, 0.717) is 24.3 Å². The third kappa shape index (κ3) is 3.64. The highest BCUT2D eigenvalue weighted by atomic mass is 32.1. The lowest BCUT2D eigenvalue weighted by molar-refractivity contribution is 0.0672. The number of amides is 1. The van der Waals surface area contributed by atoms with Crippen molar-refractivity contribution in [2.24, 2.45) is 5.92 Å². The molecule has 24 heavy (non-hydrogen) atoms. The maximum absolute atomic E-state index is 13.7. The molecule has 1 saturated heterocycles. The maximum atomic E-state index is 13.7. The summed E-state index contributed by atoms with van der Waals surface area (Å²) in [6.45, 7) is 3.22. The van der Waals surface area contributed by atoms with Crippen LogP contribution in [0.5, 0.6) is 0 Å². The van der Waals surface area contributed by atoms with E-state index in [1.54, 1.807) is 5.51 Å². The van der Waals surface area contributed by atoms with Crippen LogP contribution in [0.3, 0.4) is 0 Å². The molecule has 0 spiro atoms. The van der Waals surface area contributed by atoms with Crippen LogP contribution in [-0.4, -0.2) is 28.9 Å². The lowest BCUT2D eigenvalue weighted by atomic mass is 9.91. The third-order valence-corrected chi connectivity index (χ3v) is 5.53. The van der Waals surface area contributed by atoms with E-state index < -0.39 is 11.6 Å². The SMILES string of the molecule is Cc1ncsc1C(=O)N1CCC[C@H](CCc2c(F)cccc2F)C1. The molecule has 0 bridgehead atoms. The number of carbonyl (C=O) groups excluding carboxylic acids is 1. The zero-order valence-electron chi connectivity index (χ0n) is 13.6. The number of piperidine rings is 1. The first-order valence-corrected chi connectivity index (χ1v) is 9.06. The summed E-state index contributed by atoms with van der Waals surface area (Å²) in [6, 6.07) is 3.97. The summed E-state index contributed by atoms with van der Waals surface area (Å²) in [5.74, 6) is -0.676. The molecule has 3 nitrogen and oxygen atoms in total. The van der Waals surface area contributed by atoms with Crippen LogP contribution in [0, 0.1) is 24.5 Å². The number of halogens is 2. The van der Waals surface area contributed by atoms with Crippen molar-refractivity contribution in [2.75, 3.05) is 13.1 Å². The van der Waals surface area contributed by atoms with Crippen LogP contribution in [0.15, 0.2) is 23.7 Å². The van der Waals surface area contributed by atoms with Crippen molar-refractivity contribution in [3.05, 3.63) is 51.5 Å². The van der Waals surface area contributed by atoms with Gasteiger partial charge in [0.25, 0.3) is 5.91 Å². The average molecular weight is 350 g/mol. The molecule has 1 aliphatic rings. The fraction of sp³-hybridized carbons (Fsp3) is 0.444. The number of rotatable bonds is 4. The van der Waals surface area contributed by atoms with Gasteiger partial charge in [-0.2, -0.15) is 0 Å². The van der Waals surface area contributed by atoms with Crippen molar-refractivity contribution in [3.63, 3.8) is 0 Å². The van der Waals surface area contributed by atoms with Gasteiger partial charge in [0.2, 0.25) is 0 Å². The highest BCUT2D eigenvalue weighted by Gasteiger charge is 2.26. The molecule has 1 atom stereocenters. The minimum atomic E-state index is -0.487. The molecule has 0 aliphatic carbocycles. The number of likely N-dealkylation sites (tertiary alicyclic amines) is 1. The van der Waals surface area contributed by atoms with Gasteiger partial charge < -0.3 is 4.90 Å². The summed E-state index contributed by atoms with van der Waals surface area (Å²) < 4.78 is 27.5. The van der Waals surface area contributed by atoms with Crippen LogP contribution in [0.4, 0.5) is 8.78 Å². The summed E-state index contributed by atoms with van der Waals surface area (Å²) in [7, 11) is 0. The zero-order chi connectivity index (χ0) is 17.1. The van der Waals surface area contributed by atoms with Crippen molar-refractivity contribution >= 4 is 17.2 Å². The molecule has 2 aromatic rings. The number of benzene rings is 1. The molecule has 3 rings (SSSR count). The van der Waals surface area contributed by atoms with Gasteiger partial charge in [-0.15, -0.1) is 11.3 Å². The molecule has 2 heterocycles. The van der Waals surface area contributed by atoms with Gasteiger partial charge in [0.05, 0.1) is 11.2 Å². The van der Waals surface area contributed by atoms with Gasteiger partial charge >= 0.3 is 0 Å². The summed E-state index contributed by atoms with van der Waals surface area (Å²) in [6.07, 6.45) is 2.96. The molecule has 1 aromatic carbocycles. The topological polar surface area (TPSA) is 33.2 Å². The number of aromatic nitrogens is 1. The zero-order valence-corrected chi connectivity index (χ0v) is 14.4. The van der Waals surface area contributed by atoms with Gasteiger partial charge in [-0.05, 0) is 50.7 Å². The molecule has 0 unspecified atom stereocenters. The second-order valence-electron chi connectivity index (χ2n) is 6.27. The molecular formula is C18H20F2N2OS. The summed E-state index contributed by atoms with van der Waals surface area (Å²) >= 11 is 1.37. The number of aryl methyl sites for hydroxylation is 1. The minimum Gasteiger partial charge on any atom is -0.338 e. The number of nitrogens with zero attached hydrogens (tertiary/aromatic N) is 2. The highest BCUT2D eigenvalue weighted by molar-refractivity contribution is 7.11. The summed E-state index contributed by atoms with van der Waals surface area (Å²) in [4.78, 5) is 19.3. The smallest absolute Gasteiger partial charge is 0.265 e. The lowest BCUT2D eigenvalue weighted by Gasteiger charge is -2.32. The van der Waals surface area contributed by atoms with E-state index in [4.69, 9.17) is 0 Å². The lowest BCUT2D eigenvalue weighted by Crippen LogP contribution is -2.40. The molecule has 0 saturated carbocycles. The molecule has 0 N–H and O–H groups in total. The minimum absolute atomic E-state index is 0.0248. The summed E-state index contributed by atoms with van der Waals surface area (Å²) in [5.41, 5.74) is 2.60. The summed E-state index contributed by atoms with van der Waals surface area (Å²) in [5, 5.41) is 0. The molecule has 6 heteroatoms. The predicted octanol–water partition coefficient (Wildman–Crippen LogP) is 4.21. The van der Waals surface area contributed by atoms with Crippen LogP contribution in [-0.2, 0) is 6.42 Å². The Balaban J connectivity index is 1.62. The van der Waals surface area contributed by atoms with Gasteiger partial charge in [0, 0.05) is 18.7 Å². The third-order valence-electron chi connectivity index (χ3n) is 4.61. The van der Waals surface area contributed by atoms with Gasteiger partial charge in [-0.25, -0.2) is 13.8 Å². The van der Waals surface area contributed by atoms with Crippen molar-refractivity contribution in [3.8, 4) is 0 Å². The van der Waals surface area contributed by atoms with Crippen molar-refractivity contribution in [1.29, 1.82) is 0 Å². The average Bonchev–Trinajstić information content (AvgIpc) is 3.00. The van der Waals surface area contributed by atoms with Crippen LogP contribution < -0.4 is 0 Å². The molecule has 1 amide bonds. The molecule has 1 aliphatic heterocycles. The molecule has 1 fully saturated rings. The van der Waals surface area contributed by atoms with E-state index in [1.165, 1.54) is 29.5 Å². The second-order valence-corrected chi connectivity index (χ2v) is 7.12. The Morgan fingerprint density at radius 2 is 2.12 bits per heavy atom. The van der Waals surface area contributed by atoms with E-state index in [9.17, 15) is 13.6 Å². The van der Waals surface area contributed by atoms with Gasteiger partial charge in [-0.3, -0.25) is 4.79 Å². The maximum Gasteiger partial charge on any atom is 0.265 e. The Morgan fingerprint density at radius 3 is 2.79 bits per heavy atom. The van der Waals surface area contributed by atoms with E-state index >= 15 is 0 Å². The molecule has 0 radical (unpaired) electrons. The Kier molecular flexibility index (Phi) is 5.23. The van der Waals surface area contributed by atoms with Crippen molar-refractivity contribution in [2.45, 2.75) is 32.6 Å². The standard InChI is InChI=1S/C18H20F2N2OS/c1-12-17(24-11-21-12)18(23)22-9-3-4-13(10-22)7-8-14-15(19)5-2-6-16(14)20/h2,5-6,11,13H,3-4,7-10H2,1H3/t13-/m1/s1. The van der Waals surface area contributed by atoms with Gasteiger partial charge in [0.1, 0.15) is 16.5 Å². The Bertz CT molecular complexity index is 711. The van der Waals surface area contributed by atoms with E-state index in [1.807, 2.05) is 11.8 Å². The van der Waals surface area contributed by atoms with Crippen LogP contribution in [0.1, 0.15) is 40.2 Å². The van der Waals surface area contributed by atoms with Gasteiger partial charge in [0.15, 0.2) is 0 Å². The number of carbonyl (C=O) groups is 1. The monoisotopic (exact) mass is 350 g/mol. The first-order chi connectivity index (χ1) is 11.6. The number of hydrogen-bond donors (Lipinski definition) is 0. The Hall–Kier alpha value is -1.82. The second kappa shape index (κ2) is 7.38. The molecular weight excluding hydrogens is 330 g/mol. The van der Waals surface area contributed by atoms with Crippen LogP contribution >= 0.6 is 11.3 Å². The fourth-order valence-electron chi connectivity index (χ4n) is 3.26. The van der Waals surface area contributed by atoms with Crippen molar-refractivity contribution in [1.82, 2.24) is 9.88 Å². The number of thiazole rings is 1. The molecule has 1 aromatic heterocycles. The normalized spacial score (nSPS) is 18.0. The van der Waals surface area contributed by atoms with E-state index in [0.717, 1.165) is 25.1 Å². The van der Waals surface area contributed by atoms with Crippen LogP contribution in [0.2, 0.25) is 0 Å². The first-order valence-electron chi connectivity index (χ1n) is 8.18. The van der Waals surface area contributed by atoms with Crippen molar-refractivity contribution < 1.29 is 13.6 Å². The van der Waals surface area contributed by atoms with E-state index in [-0.39, 0.29) is 17.4 Å². The quantitative estimate of drug-likeness (QED) is 0.827.